The molecule has 0 amide bonds. The smallest absolute Gasteiger partial charge is 0.262 e. The van der Waals surface area contributed by atoms with Gasteiger partial charge in [-0.15, -0.1) is 0 Å². The summed E-state index contributed by atoms with van der Waals surface area (Å²) in [5, 5.41) is 14.5. The summed E-state index contributed by atoms with van der Waals surface area (Å²) in [6, 6.07) is 14.1. The van der Waals surface area contributed by atoms with Gasteiger partial charge in [0.15, 0.2) is 0 Å². The maximum atomic E-state index is 12.9. The molecule has 0 saturated carbocycles. The highest BCUT2D eigenvalue weighted by Crippen LogP contribution is 2.14. The molecule has 146 valence electrons. The molecule has 0 spiro atoms. The van der Waals surface area contributed by atoms with Gasteiger partial charge in [-0.25, -0.2) is 10.4 Å². The van der Waals surface area contributed by atoms with Crippen molar-refractivity contribution in [3.63, 3.8) is 0 Å². The number of hydrazone groups is 1. The molecule has 0 atom stereocenters. The largest absolute Gasteiger partial charge is 0.507 e. The fourth-order valence-electron chi connectivity index (χ4n) is 2.76. The van der Waals surface area contributed by atoms with E-state index < -0.39 is 0 Å². The maximum absolute atomic E-state index is 12.9. The quantitative estimate of drug-likeness (QED) is 0.355. The third-order valence-electron chi connectivity index (χ3n) is 4.14. The zero-order chi connectivity index (χ0) is 19.9. The summed E-state index contributed by atoms with van der Waals surface area (Å²) in [6.07, 6.45) is 2.31. The topological polar surface area (TPSA) is 88.7 Å². The van der Waals surface area contributed by atoms with Crippen molar-refractivity contribution in [1.82, 2.24) is 9.55 Å². The Morgan fingerprint density at radius 2 is 1.96 bits per heavy atom. The van der Waals surface area contributed by atoms with E-state index in [1.54, 1.807) is 41.0 Å². The molecule has 0 aliphatic rings. The highest BCUT2D eigenvalue weighted by molar-refractivity contribution is 5.84. The van der Waals surface area contributed by atoms with Crippen LogP contribution in [0, 0.1) is 0 Å². The Balaban J connectivity index is 1.87. The van der Waals surface area contributed by atoms with E-state index in [1.807, 2.05) is 26.0 Å². The van der Waals surface area contributed by atoms with Gasteiger partial charge >= 0.3 is 0 Å². The Morgan fingerprint density at radius 1 is 1.21 bits per heavy atom. The fourth-order valence-corrected chi connectivity index (χ4v) is 2.76. The van der Waals surface area contributed by atoms with Gasteiger partial charge in [0.2, 0.25) is 5.95 Å². The lowest BCUT2D eigenvalue weighted by atomic mass is 10.2. The highest BCUT2D eigenvalue weighted by atomic mass is 16.5. The van der Waals surface area contributed by atoms with Crippen molar-refractivity contribution in [2.24, 2.45) is 5.10 Å². The molecule has 2 N–H and O–H groups in total. The summed E-state index contributed by atoms with van der Waals surface area (Å²) >= 11 is 0. The molecule has 0 saturated heterocycles. The number of nitrogens with zero attached hydrogens (tertiary/aromatic N) is 3. The number of phenolic OH excluding ortho intramolecular Hbond substituents is 1. The minimum atomic E-state index is -0.129. The van der Waals surface area contributed by atoms with E-state index in [0.29, 0.717) is 42.0 Å². The molecule has 1 heterocycles. The molecular formula is C21H24N4O3. The van der Waals surface area contributed by atoms with Gasteiger partial charge in [0.25, 0.3) is 5.56 Å². The van der Waals surface area contributed by atoms with Crippen molar-refractivity contribution >= 4 is 23.1 Å². The van der Waals surface area contributed by atoms with Gasteiger partial charge in [-0.1, -0.05) is 24.3 Å². The molecule has 7 heteroatoms. The van der Waals surface area contributed by atoms with Gasteiger partial charge in [0, 0.05) is 18.7 Å². The number of rotatable bonds is 8. The number of anilines is 1. The normalized spacial score (nSPS) is 11.5. The first-order valence-corrected chi connectivity index (χ1v) is 9.24. The fraction of sp³-hybridized carbons (Fsp3) is 0.286. The standard InChI is InChI=1S/C21H24N4O3/c1-15(2)28-13-7-12-25-20(27)17-9-4-5-10-18(17)23-21(25)24-22-14-16-8-3-6-11-19(16)26/h3-6,8-11,14-15,26H,7,12-13H2,1-2H3,(H,23,24)/b22-14+. The van der Waals surface area contributed by atoms with Crippen LogP contribution in [0.25, 0.3) is 10.9 Å². The minimum Gasteiger partial charge on any atom is -0.507 e. The second-order valence-electron chi connectivity index (χ2n) is 6.61. The first-order valence-electron chi connectivity index (χ1n) is 9.24. The average molecular weight is 380 g/mol. The molecule has 0 bridgehead atoms. The zero-order valence-electron chi connectivity index (χ0n) is 16.0. The number of benzene rings is 2. The van der Waals surface area contributed by atoms with Crippen LogP contribution in [0.5, 0.6) is 5.75 Å². The number of nitrogens with one attached hydrogen (secondary N) is 1. The van der Waals surface area contributed by atoms with Crippen LogP contribution in [0.3, 0.4) is 0 Å². The SMILES string of the molecule is CC(C)OCCCn1c(N/N=C/c2ccccc2O)nc2ccccc2c1=O. The van der Waals surface area contributed by atoms with Gasteiger partial charge in [-0.2, -0.15) is 5.10 Å². The van der Waals surface area contributed by atoms with E-state index >= 15 is 0 Å². The van der Waals surface area contributed by atoms with E-state index in [4.69, 9.17) is 4.74 Å². The van der Waals surface area contributed by atoms with Crippen LogP contribution in [-0.2, 0) is 11.3 Å². The molecule has 0 unspecified atom stereocenters. The first-order chi connectivity index (χ1) is 13.6. The molecule has 3 aromatic rings. The summed E-state index contributed by atoms with van der Waals surface area (Å²) < 4.78 is 7.13. The summed E-state index contributed by atoms with van der Waals surface area (Å²) in [5.74, 6) is 0.475. The maximum Gasteiger partial charge on any atom is 0.262 e. The van der Waals surface area contributed by atoms with Crippen LogP contribution < -0.4 is 11.0 Å². The number of aromatic nitrogens is 2. The van der Waals surface area contributed by atoms with Crippen molar-refractivity contribution in [3.05, 3.63) is 64.4 Å². The molecule has 28 heavy (non-hydrogen) atoms. The average Bonchev–Trinajstić information content (AvgIpc) is 2.68. The van der Waals surface area contributed by atoms with Gasteiger partial charge in [0.05, 0.1) is 23.2 Å². The van der Waals surface area contributed by atoms with Crippen molar-refractivity contribution in [2.75, 3.05) is 12.0 Å². The third kappa shape index (κ3) is 4.75. The molecule has 3 rings (SSSR count). The monoisotopic (exact) mass is 380 g/mol. The lowest BCUT2D eigenvalue weighted by Gasteiger charge is -2.13. The summed E-state index contributed by atoms with van der Waals surface area (Å²) in [7, 11) is 0. The second kappa shape index (κ2) is 9.14. The number of ether oxygens (including phenoxy) is 1. The molecule has 1 aromatic heterocycles. The van der Waals surface area contributed by atoms with Crippen LogP contribution in [-0.4, -0.2) is 33.6 Å². The Hall–Kier alpha value is -3.19. The van der Waals surface area contributed by atoms with Gasteiger partial charge in [0.1, 0.15) is 5.75 Å². The molecule has 0 radical (unpaired) electrons. The van der Waals surface area contributed by atoms with E-state index in [0.717, 1.165) is 0 Å². The summed E-state index contributed by atoms with van der Waals surface area (Å²) in [6.45, 7) is 4.96. The summed E-state index contributed by atoms with van der Waals surface area (Å²) in [4.78, 5) is 17.5. The Kier molecular flexibility index (Phi) is 6.39. The Bertz CT molecular complexity index is 1030. The number of hydrogen-bond donors (Lipinski definition) is 2. The van der Waals surface area contributed by atoms with E-state index in [1.165, 1.54) is 6.21 Å². The minimum absolute atomic E-state index is 0.128. The van der Waals surface area contributed by atoms with Gasteiger partial charge < -0.3 is 9.84 Å². The van der Waals surface area contributed by atoms with Crippen molar-refractivity contribution < 1.29 is 9.84 Å². The van der Waals surface area contributed by atoms with E-state index in [2.05, 4.69) is 15.5 Å². The Labute approximate surface area is 163 Å². The second-order valence-corrected chi connectivity index (χ2v) is 6.61. The first kappa shape index (κ1) is 19.6. The van der Waals surface area contributed by atoms with E-state index in [-0.39, 0.29) is 17.4 Å². The molecule has 2 aromatic carbocycles. The lowest BCUT2D eigenvalue weighted by molar-refractivity contribution is 0.0748. The lowest BCUT2D eigenvalue weighted by Crippen LogP contribution is -2.25. The molecular weight excluding hydrogens is 356 g/mol. The van der Waals surface area contributed by atoms with Crippen molar-refractivity contribution in [2.45, 2.75) is 32.9 Å². The number of phenols is 1. The number of para-hydroxylation sites is 2. The molecule has 7 nitrogen and oxygen atoms in total. The van der Waals surface area contributed by atoms with Crippen LogP contribution in [0.15, 0.2) is 58.4 Å². The molecule has 0 aliphatic carbocycles. The van der Waals surface area contributed by atoms with Gasteiger partial charge in [-0.05, 0) is 44.5 Å². The third-order valence-corrected chi connectivity index (χ3v) is 4.14. The molecule has 0 aliphatic heterocycles. The van der Waals surface area contributed by atoms with E-state index in [9.17, 15) is 9.90 Å². The van der Waals surface area contributed by atoms with Crippen molar-refractivity contribution in [3.8, 4) is 5.75 Å². The van der Waals surface area contributed by atoms with Crippen LogP contribution >= 0.6 is 0 Å². The van der Waals surface area contributed by atoms with Crippen LogP contribution in [0.1, 0.15) is 25.8 Å². The predicted molar refractivity (Wildman–Crippen MR) is 111 cm³/mol. The number of aromatic hydroxyl groups is 1. The van der Waals surface area contributed by atoms with Crippen LogP contribution in [0.2, 0.25) is 0 Å². The number of fused-ring (bicyclic) bond motifs is 1. The summed E-state index contributed by atoms with van der Waals surface area (Å²) in [5.41, 5.74) is 3.88. The molecule has 0 fully saturated rings. The number of hydrogen-bond acceptors (Lipinski definition) is 6. The van der Waals surface area contributed by atoms with Crippen LogP contribution in [0.4, 0.5) is 5.95 Å². The predicted octanol–water partition coefficient (Wildman–Crippen LogP) is 3.36. The Morgan fingerprint density at radius 3 is 2.75 bits per heavy atom. The zero-order valence-corrected chi connectivity index (χ0v) is 16.0. The van der Waals surface area contributed by atoms with Crippen molar-refractivity contribution in [1.29, 1.82) is 0 Å². The van der Waals surface area contributed by atoms with Gasteiger partial charge in [-0.3, -0.25) is 9.36 Å². The highest BCUT2D eigenvalue weighted by Gasteiger charge is 2.10.